The highest BCUT2D eigenvalue weighted by Crippen LogP contribution is 2.22. The van der Waals surface area contributed by atoms with Crippen LogP contribution in [0.15, 0.2) is 42.5 Å². The Kier molecular flexibility index (Phi) is 7.23. The summed E-state index contributed by atoms with van der Waals surface area (Å²) in [5, 5.41) is 6.22. The predicted molar refractivity (Wildman–Crippen MR) is 119 cm³/mol. The fourth-order valence-corrected chi connectivity index (χ4v) is 3.55. The molecule has 0 heterocycles. The molecule has 1 aliphatic rings. The van der Waals surface area contributed by atoms with Gasteiger partial charge in [-0.2, -0.15) is 0 Å². The molecule has 7 heteroatoms. The van der Waals surface area contributed by atoms with E-state index in [4.69, 9.17) is 28.6 Å². The molecule has 5 nitrogen and oxygen atoms in total. The van der Waals surface area contributed by atoms with Gasteiger partial charge in [-0.15, -0.1) is 0 Å². The van der Waals surface area contributed by atoms with Crippen molar-refractivity contribution in [1.29, 1.82) is 0 Å². The van der Waals surface area contributed by atoms with Gasteiger partial charge >= 0.3 is 5.97 Å². The van der Waals surface area contributed by atoms with E-state index in [-0.39, 0.29) is 23.1 Å². The number of esters is 1. The van der Waals surface area contributed by atoms with Crippen LogP contribution in [0, 0.1) is 6.92 Å². The Morgan fingerprint density at radius 1 is 1.03 bits per heavy atom. The number of thiocarbonyl (C=S) groups is 1. The number of benzene rings is 2. The lowest BCUT2D eigenvalue weighted by Crippen LogP contribution is -2.34. The summed E-state index contributed by atoms with van der Waals surface area (Å²) in [6.45, 7) is 1.87. The third kappa shape index (κ3) is 6.02. The van der Waals surface area contributed by atoms with E-state index >= 15 is 0 Å². The Hall–Kier alpha value is -2.44. The number of ether oxygens (including phenoxy) is 1. The molecule has 0 atom stereocenters. The van der Waals surface area contributed by atoms with E-state index in [1.54, 1.807) is 42.5 Å². The monoisotopic (exact) mass is 430 g/mol. The second kappa shape index (κ2) is 9.85. The van der Waals surface area contributed by atoms with Crippen LogP contribution >= 0.6 is 23.8 Å². The maximum atomic E-state index is 12.3. The van der Waals surface area contributed by atoms with Gasteiger partial charge in [0.1, 0.15) is 6.10 Å². The summed E-state index contributed by atoms with van der Waals surface area (Å²) in [5.74, 6) is -0.660. The lowest BCUT2D eigenvalue weighted by atomic mass is 9.98. The summed E-state index contributed by atoms with van der Waals surface area (Å²) in [5.41, 5.74) is 2.47. The van der Waals surface area contributed by atoms with Crippen molar-refractivity contribution in [2.24, 2.45) is 0 Å². The number of hydrogen-bond donors (Lipinski definition) is 2. The van der Waals surface area contributed by atoms with Crippen LogP contribution in [0.5, 0.6) is 0 Å². The molecule has 0 bridgehead atoms. The van der Waals surface area contributed by atoms with E-state index in [0.717, 1.165) is 31.2 Å². The van der Waals surface area contributed by atoms with Gasteiger partial charge in [-0.05, 0) is 86.8 Å². The maximum absolute atomic E-state index is 12.3. The van der Waals surface area contributed by atoms with Crippen molar-refractivity contribution in [3.8, 4) is 0 Å². The number of rotatable bonds is 4. The Bertz CT molecular complexity index is 909. The van der Waals surface area contributed by atoms with Crippen molar-refractivity contribution >= 4 is 46.5 Å². The van der Waals surface area contributed by atoms with Gasteiger partial charge in [0.15, 0.2) is 5.11 Å². The zero-order valence-corrected chi connectivity index (χ0v) is 17.7. The van der Waals surface area contributed by atoms with Crippen LogP contribution in [0.1, 0.15) is 58.4 Å². The number of hydrogen-bond acceptors (Lipinski definition) is 4. The molecule has 0 aliphatic heterocycles. The molecule has 3 rings (SSSR count). The fourth-order valence-electron chi connectivity index (χ4n) is 3.16. The molecule has 1 saturated carbocycles. The van der Waals surface area contributed by atoms with E-state index < -0.39 is 0 Å². The molecule has 29 heavy (non-hydrogen) atoms. The molecule has 2 N–H and O–H groups in total. The van der Waals surface area contributed by atoms with E-state index in [0.29, 0.717) is 21.8 Å². The van der Waals surface area contributed by atoms with Gasteiger partial charge in [0.25, 0.3) is 5.91 Å². The first-order valence-corrected chi connectivity index (χ1v) is 10.4. The number of anilines is 1. The van der Waals surface area contributed by atoms with E-state index in [1.165, 1.54) is 6.42 Å². The van der Waals surface area contributed by atoms with Crippen LogP contribution in [-0.2, 0) is 4.74 Å². The minimum Gasteiger partial charge on any atom is -0.459 e. The van der Waals surface area contributed by atoms with Gasteiger partial charge in [-0.1, -0.05) is 24.1 Å². The topological polar surface area (TPSA) is 67.4 Å². The van der Waals surface area contributed by atoms with Crippen LogP contribution in [-0.4, -0.2) is 23.1 Å². The second-order valence-corrected chi connectivity index (χ2v) is 7.93. The van der Waals surface area contributed by atoms with Crippen LogP contribution in [0.4, 0.5) is 5.69 Å². The number of aryl methyl sites for hydroxylation is 1. The highest BCUT2D eigenvalue weighted by atomic mass is 35.5. The Balaban J connectivity index is 1.53. The first kappa shape index (κ1) is 21.3. The van der Waals surface area contributed by atoms with Gasteiger partial charge < -0.3 is 10.1 Å². The largest absolute Gasteiger partial charge is 0.459 e. The SMILES string of the molecule is Cc1ccc(C(=O)NC(=S)Nc2ccc(C(=O)OC3CCCCC3)cc2)cc1Cl. The van der Waals surface area contributed by atoms with Crippen molar-refractivity contribution < 1.29 is 14.3 Å². The molecule has 1 aliphatic carbocycles. The van der Waals surface area contributed by atoms with Crippen molar-refractivity contribution in [1.82, 2.24) is 5.32 Å². The van der Waals surface area contributed by atoms with Crippen LogP contribution in [0.2, 0.25) is 5.02 Å². The van der Waals surface area contributed by atoms with E-state index in [9.17, 15) is 9.59 Å². The summed E-state index contributed by atoms with van der Waals surface area (Å²) in [6, 6.07) is 11.9. The molecule has 0 radical (unpaired) electrons. The number of halogens is 1. The van der Waals surface area contributed by atoms with Crippen LogP contribution < -0.4 is 10.6 Å². The molecule has 1 fully saturated rings. The summed E-state index contributed by atoms with van der Waals surface area (Å²) in [6.07, 6.45) is 5.32. The van der Waals surface area contributed by atoms with E-state index in [2.05, 4.69) is 10.6 Å². The van der Waals surface area contributed by atoms with Crippen LogP contribution in [0.25, 0.3) is 0 Å². The highest BCUT2D eigenvalue weighted by Gasteiger charge is 2.18. The molecule has 2 aromatic carbocycles. The molecular weight excluding hydrogens is 408 g/mol. The Morgan fingerprint density at radius 2 is 1.69 bits per heavy atom. The van der Waals surface area contributed by atoms with Gasteiger partial charge in [0.05, 0.1) is 5.56 Å². The number of carbonyl (C=O) groups is 2. The number of amides is 1. The highest BCUT2D eigenvalue weighted by molar-refractivity contribution is 7.80. The minimum atomic E-state index is -0.350. The lowest BCUT2D eigenvalue weighted by Gasteiger charge is -2.21. The summed E-state index contributed by atoms with van der Waals surface area (Å²) < 4.78 is 5.57. The van der Waals surface area contributed by atoms with Crippen molar-refractivity contribution in [3.05, 3.63) is 64.2 Å². The normalized spacial score (nSPS) is 14.1. The van der Waals surface area contributed by atoms with E-state index in [1.807, 2.05) is 6.92 Å². The standard InChI is InChI=1S/C22H23ClN2O3S/c1-14-7-8-16(13-19(14)23)20(26)25-22(29)24-17-11-9-15(10-12-17)21(27)28-18-5-3-2-4-6-18/h7-13,18H,2-6H2,1H3,(H2,24,25,26,29). The lowest BCUT2D eigenvalue weighted by molar-refractivity contribution is 0.0211. The minimum absolute atomic E-state index is 0.0205. The molecule has 152 valence electrons. The van der Waals surface area contributed by atoms with Gasteiger partial charge in [-0.3, -0.25) is 10.1 Å². The first-order valence-electron chi connectivity index (χ1n) is 9.62. The van der Waals surface area contributed by atoms with Crippen molar-refractivity contribution in [3.63, 3.8) is 0 Å². The predicted octanol–water partition coefficient (Wildman–Crippen LogP) is 5.26. The first-order chi connectivity index (χ1) is 13.9. The molecule has 2 aromatic rings. The third-order valence-electron chi connectivity index (χ3n) is 4.87. The van der Waals surface area contributed by atoms with Crippen molar-refractivity contribution in [2.75, 3.05) is 5.32 Å². The van der Waals surface area contributed by atoms with Crippen LogP contribution in [0.3, 0.4) is 0 Å². The second-order valence-electron chi connectivity index (χ2n) is 7.11. The average Bonchev–Trinajstić information content (AvgIpc) is 2.71. The summed E-state index contributed by atoms with van der Waals surface area (Å²) in [7, 11) is 0. The molecule has 0 unspecified atom stereocenters. The van der Waals surface area contributed by atoms with Gasteiger partial charge in [-0.25, -0.2) is 4.79 Å². The fraction of sp³-hybridized carbons (Fsp3) is 0.318. The zero-order chi connectivity index (χ0) is 20.8. The molecule has 0 spiro atoms. The zero-order valence-electron chi connectivity index (χ0n) is 16.2. The Morgan fingerprint density at radius 3 is 2.34 bits per heavy atom. The molecular formula is C22H23ClN2O3S. The van der Waals surface area contributed by atoms with Gasteiger partial charge in [0, 0.05) is 16.3 Å². The average molecular weight is 431 g/mol. The number of nitrogens with one attached hydrogen (secondary N) is 2. The molecule has 0 saturated heterocycles. The smallest absolute Gasteiger partial charge is 0.338 e. The maximum Gasteiger partial charge on any atom is 0.338 e. The quantitative estimate of drug-likeness (QED) is 0.511. The van der Waals surface area contributed by atoms with Gasteiger partial charge in [0.2, 0.25) is 0 Å². The Labute approximate surface area is 180 Å². The summed E-state index contributed by atoms with van der Waals surface area (Å²) in [4.78, 5) is 24.5. The molecule has 0 aromatic heterocycles. The third-order valence-corrected chi connectivity index (χ3v) is 5.48. The van der Waals surface area contributed by atoms with Crippen molar-refractivity contribution in [2.45, 2.75) is 45.1 Å². The molecule has 1 amide bonds. The number of carbonyl (C=O) groups excluding carboxylic acids is 2. The summed E-state index contributed by atoms with van der Waals surface area (Å²) >= 11 is 11.3.